The van der Waals surface area contributed by atoms with Crippen LogP contribution in [0.15, 0.2) is 33.6 Å². The van der Waals surface area contributed by atoms with Gasteiger partial charge in [-0.1, -0.05) is 0 Å². The summed E-state index contributed by atoms with van der Waals surface area (Å²) in [4.78, 5) is 11.5. The minimum atomic E-state index is -0.381. The van der Waals surface area contributed by atoms with E-state index < -0.39 is 0 Å². The molecule has 0 saturated carbocycles. The molecule has 3 heterocycles. The minimum Gasteiger partial charge on any atom is -0.465 e. The van der Waals surface area contributed by atoms with Crippen LogP contribution in [0, 0.1) is 0 Å². The molecule has 7 heteroatoms. The Morgan fingerprint density at radius 2 is 2.26 bits per heavy atom. The largest absolute Gasteiger partial charge is 0.465 e. The minimum absolute atomic E-state index is 0.381. The number of thiophene rings is 1. The number of carbonyl (C=O) groups excluding carboxylic acids is 1. The van der Waals surface area contributed by atoms with Crippen molar-refractivity contribution in [1.82, 2.24) is 14.6 Å². The summed E-state index contributed by atoms with van der Waals surface area (Å²) in [5.74, 6) is 0.316. The van der Waals surface area contributed by atoms with Crippen LogP contribution in [0.1, 0.15) is 10.4 Å². The summed E-state index contributed by atoms with van der Waals surface area (Å²) in [6, 6.07) is 5.37. The zero-order valence-electron chi connectivity index (χ0n) is 9.83. The molecule has 0 unspecified atom stereocenters. The van der Waals surface area contributed by atoms with Crippen molar-refractivity contribution in [2.45, 2.75) is 0 Å². The number of hydrogen-bond donors (Lipinski definition) is 0. The zero-order chi connectivity index (χ0) is 13.4. The number of rotatable bonds is 2. The standard InChI is InChI=1S/C12H8BrN3O2S/c1-18-12(17)7-2-3-10-14-15-11(16(10)5-7)8-4-9(13)19-6-8/h2-6H,1H3. The summed E-state index contributed by atoms with van der Waals surface area (Å²) in [6.07, 6.45) is 1.68. The van der Waals surface area contributed by atoms with Crippen molar-refractivity contribution >= 4 is 38.9 Å². The number of pyridine rings is 1. The van der Waals surface area contributed by atoms with Gasteiger partial charge < -0.3 is 4.74 Å². The molecule has 0 N–H and O–H groups in total. The van der Waals surface area contributed by atoms with Gasteiger partial charge in [-0.25, -0.2) is 4.79 Å². The summed E-state index contributed by atoms with van der Waals surface area (Å²) in [7, 11) is 1.36. The number of methoxy groups -OCH3 is 1. The molecule has 0 saturated heterocycles. The Morgan fingerprint density at radius 1 is 1.42 bits per heavy atom. The molecule has 96 valence electrons. The molecule has 0 spiro atoms. The van der Waals surface area contributed by atoms with Crippen molar-refractivity contribution in [3.8, 4) is 11.4 Å². The second-order valence-electron chi connectivity index (χ2n) is 3.80. The monoisotopic (exact) mass is 337 g/mol. The number of nitrogens with zero attached hydrogens (tertiary/aromatic N) is 3. The Labute approximate surface area is 121 Å². The first-order chi connectivity index (χ1) is 9.19. The molecule has 3 aromatic rings. The fourth-order valence-corrected chi connectivity index (χ4v) is 2.89. The van der Waals surface area contributed by atoms with E-state index >= 15 is 0 Å². The fourth-order valence-electron chi connectivity index (χ4n) is 1.75. The molecule has 0 aromatic carbocycles. The van der Waals surface area contributed by atoms with Crippen LogP contribution >= 0.6 is 27.3 Å². The van der Waals surface area contributed by atoms with E-state index in [2.05, 4.69) is 26.1 Å². The Morgan fingerprint density at radius 3 is 2.95 bits per heavy atom. The second kappa shape index (κ2) is 4.75. The maximum absolute atomic E-state index is 11.5. The SMILES string of the molecule is COC(=O)c1ccc2nnc(-c3csc(Br)c3)n2c1. The van der Waals surface area contributed by atoms with E-state index in [9.17, 15) is 4.79 Å². The molecule has 0 bridgehead atoms. The van der Waals surface area contributed by atoms with Crippen molar-refractivity contribution < 1.29 is 9.53 Å². The lowest BCUT2D eigenvalue weighted by molar-refractivity contribution is 0.0600. The van der Waals surface area contributed by atoms with Gasteiger partial charge in [-0.15, -0.1) is 21.5 Å². The third kappa shape index (κ3) is 2.15. The van der Waals surface area contributed by atoms with Gasteiger partial charge in [0.1, 0.15) is 0 Å². The fraction of sp³-hybridized carbons (Fsp3) is 0.0833. The van der Waals surface area contributed by atoms with E-state index in [1.807, 2.05) is 11.4 Å². The molecule has 0 radical (unpaired) electrons. The molecule has 0 aliphatic rings. The third-order valence-electron chi connectivity index (χ3n) is 2.65. The Bertz CT molecular complexity index is 765. The molecule has 3 rings (SSSR count). The molecule has 0 fully saturated rings. The van der Waals surface area contributed by atoms with E-state index in [0.717, 1.165) is 9.35 Å². The van der Waals surface area contributed by atoms with Crippen LogP contribution in [0.5, 0.6) is 0 Å². The molecule has 0 aliphatic heterocycles. The Balaban J connectivity index is 2.18. The predicted octanol–water partition coefficient (Wildman–Crippen LogP) is 3.01. The van der Waals surface area contributed by atoms with E-state index in [1.165, 1.54) is 7.11 Å². The van der Waals surface area contributed by atoms with Crippen molar-refractivity contribution in [3.05, 3.63) is 39.1 Å². The Hall–Kier alpha value is -1.73. The molecule has 0 aliphatic carbocycles. The van der Waals surface area contributed by atoms with Crippen LogP contribution in [-0.2, 0) is 4.74 Å². The van der Waals surface area contributed by atoms with Crippen molar-refractivity contribution in [1.29, 1.82) is 0 Å². The van der Waals surface area contributed by atoms with Gasteiger partial charge in [0.05, 0.1) is 16.5 Å². The van der Waals surface area contributed by atoms with Crippen LogP contribution < -0.4 is 0 Å². The van der Waals surface area contributed by atoms with Crippen molar-refractivity contribution in [3.63, 3.8) is 0 Å². The van der Waals surface area contributed by atoms with E-state index in [0.29, 0.717) is 17.0 Å². The molecule has 0 amide bonds. The van der Waals surface area contributed by atoms with Gasteiger partial charge >= 0.3 is 5.97 Å². The lowest BCUT2D eigenvalue weighted by Gasteiger charge is -2.01. The van der Waals surface area contributed by atoms with Crippen molar-refractivity contribution in [2.75, 3.05) is 7.11 Å². The molecule has 3 aromatic heterocycles. The number of ether oxygens (including phenoxy) is 1. The highest BCUT2D eigenvalue weighted by atomic mass is 79.9. The first-order valence-corrected chi connectivity index (χ1v) is 7.04. The van der Waals surface area contributed by atoms with Gasteiger partial charge in [-0.05, 0) is 34.1 Å². The first-order valence-electron chi connectivity index (χ1n) is 5.36. The van der Waals surface area contributed by atoms with Gasteiger partial charge in [0.2, 0.25) is 0 Å². The summed E-state index contributed by atoms with van der Waals surface area (Å²) >= 11 is 4.99. The van der Waals surface area contributed by atoms with Gasteiger partial charge in [0, 0.05) is 17.1 Å². The summed E-state index contributed by atoms with van der Waals surface area (Å²) in [6.45, 7) is 0. The molecular weight excluding hydrogens is 330 g/mol. The maximum Gasteiger partial charge on any atom is 0.339 e. The highest BCUT2D eigenvalue weighted by molar-refractivity contribution is 9.11. The van der Waals surface area contributed by atoms with Crippen LogP contribution in [0.25, 0.3) is 17.0 Å². The number of hydrogen-bond acceptors (Lipinski definition) is 5. The molecule has 19 heavy (non-hydrogen) atoms. The summed E-state index contributed by atoms with van der Waals surface area (Å²) in [5.41, 5.74) is 2.10. The second-order valence-corrected chi connectivity index (χ2v) is 6.09. The number of carbonyl (C=O) groups is 1. The first kappa shape index (κ1) is 12.3. The predicted molar refractivity (Wildman–Crippen MR) is 75.3 cm³/mol. The van der Waals surface area contributed by atoms with Crippen LogP contribution in [-0.4, -0.2) is 27.7 Å². The van der Waals surface area contributed by atoms with Crippen molar-refractivity contribution in [2.24, 2.45) is 0 Å². The average Bonchev–Trinajstić information content (AvgIpc) is 3.02. The lowest BCUT2D eigenvalue weighted by Crippen LogP contribution is -2.03. The van der Waals surface area contributed by atoms with Gasteiger partial charge in [0.25, 0.3) is 0 Å². The maximum atomic E-state index is 11.5. The van der Waals surface area contributed by atoms with E-state index in [-0.39, 0.29) is 5.97 Å². The quantitative estimate of drug-likeness (QED) is 0.674. The van der Waals surface area contributed by atoms with Gasteiger partial charge in [0.15, 0.2) is 11.5 Å². The molecular formula is C12H8BrN3O2S. The van der Waals surface area contributed by atoms with Crippen LogP contribution in [0.4, 0.5) is 0 Å². The summed E-state index contributed by atoms with van der Waals surface area (Å²) < 4.78 is 7.51. The van der Waals surface area contributed by atoms with E-state index in [1.54, 1.807) is 34.1 Å². The third-order valence-corrected chi connectivity index (χ3v) is 4.15. The number of esters is 1. The lowest BCUT2D eigenvalue weighted by atomic mass is 10.2. The summed E-state index contributed by atoms with van der Waals surface area (Å²) in [5, 5.41) is 10.2. The molecule has 0 atom stereocenters. The number of fused-ring (bicyclic) bond motifs is 1. The highest BCUT2D eigenvalue weighted by Gasteiger charge is 2.12. The smallest absolute Gasteiger partial charge is 0.339 e. The van der Waals surface area contributed by atoms with Gasteiger partial charge in [-0.3, -0.25) is 4.40 Å². The van der Waals surface area contributed by atoms with E-state index in [4.69, 9.17) is 4.74 Å². The van der Waals surface area contributed by atoms with Gasteiger partial charge in [-0.2, -0.15) is 0 Å². The zero-order valence-corrected chi connectivity index (χ0v) is 12.2. The highest BCUT2D eigenvalue weighted by Crippen LogP contribution is 2.28. The van der Waals surface area contributed by atoms with Crippen LogP contribution in [0.2, 0.25) is 0 Å². The van der Waals surface area contributed by atoms with Crippen LogP contribution in [0.3, 0.4) is 0 Å². The number of aromatic nitrogens is 3. The topological polar surface area (TPSA) is 56.5 Å². The Kier molecular flexibility index (Phi) is 3.08. The normalized spacial score (nSPS) is 10.8. The molecule has 5 nitrogen and oxygen atoms in total. The average molecular weight is 338 g/mol. The number of halogens is 1.